The number of para-hydroxylation sites is 1. The molecule has 46 heavy (non-hydrogen) atoms. The van der Waals surface area contributed by atoms with Crippen molar-refractivity contribution < 1.29 is 18.0 Å². The number of amides is 1. The van der Waals surface area contributed by atoms with E-state index in [1.165, 1.54) is 5.06 Å². The predicted octanol–water partition coefficient (Wildman–Crippen LogP) is 7.60. The molecule has 3 atom stereocenters. The Bertz CT molecular complexity index is 2050. The van der Waals surface area contributed by atoms with Crippen LogP contribution in [0.4, 0.5) is 5.69 Å². The van der Waals surface area contributed by atoms with E-state index in [2.05, 4.69) is 9.71 Å². The second kappa shape index (κ2) is 11.9. The molecular formula is C37H30ClN3O4S. The molecule has 0 radical (unpaired) electrons. The average molecular weight is 648 g/mol. The molecule has 0 saturated carbocycles. The van der Waals surface area contributed by atoms with Gasteiger partial charge in [-0.3, -0.25) is 9.63 Å². The minimum absolute atomic E-state index is 0.0515. The number of hydrogen-bond donors (Lipinski definition) is 1. The quantitative estimate of drug-likeness (QED) is 0.197. The third-order valence-electron chi connectivity index (χ3n) is 8.64. The van der Waals surface area contributed by atoms with Crippen molar-refractivity contribution in [3.63, 3.8) is 0 Å². The maximum absolute atomic E-state index is 14.9. The Balaban J connectivity index is 1.52. The van der Waals surface area contributed by atoms with Crippen LogP contribution in [0.15, 0.2) is 143 Å². The van der Waals surface area contributed by atoms with Crippen molar-refractivity contribution in [1.29, 1.82) is 0 Å². The summed E-state index contributed by atoms with van der Waals surface area (Å²) in [6.07, 6.45) is 0. The van der Waals surface area contributed by atoms with Gasteiger partial charge < -0.3 is 5.32 Å². The van der Waals surface area contributed by atoms with Gasteiger partial charge in [-0.1, -0.05) is 120 Å². The first-order valence-corrected chi connectivity index (χ1v) is 16.7. The predicted molar refractivity (Wildman–Crippen MR) is 179 cm³/mol. The zero-order valence-corrected chi connectivity index (χ0v) is 26.4. The van der Waals surface area contributed by atoms with Crippen molar-refractivity contribution in [2.24, 2.45) is 4.40 Å². The fourth-order valence-electron chi connectivity index (χ4n) is 6.64. The summed E-state index contributed by atoms with van der Waals surface area (Å²) in [4.78, 5) is 21.4. The number of carbonyl (C=O) groups excluding carboxylic acids is 1. The Morgan fingerprint density at radius 1 is 0.826 bits per heavy atom. The highest BCUT2D eigenvalue weighted by molar-refractivity contribution is 7.90. The normalized spacial score (nSPS) is 21.5. The molecule has 2 aliphatic heterocycles. The Hall–Kier alpha value is -4.76. The van der Waals surface area contributed by atoms with E-state index in [0.29, 0.717) is 21.8 Å². The number of hydroxylamine groups is 2. The van der Waals surface area contributed by atoms with Gasteiger partial charge in [-0.2, -0.15) is 8.42 Å². The van der Waals surface area contributed by atoms with Gasteiger partial charge in [-0.15, -0.1) is 4.40 Å². The molecule has 1 amide bonds. The number of benzene rings is 5. The number of halogens is 1. The highest BCUT2D eigenvalue weighted by Crippen LogP contribution is 2.62. The van der Waals surface area contributed by atoms with E-state index < -0.39 is 27.4 Å². The number of nitrogens with zero attached hydrogens (tertiary/aromatic N) is 2. The smallest absolute Gasteiger partial charge is 0.283 e. The summed E-state index contributed by atoms with van der Waals surface area (Å²) in [5, 5.41) is 5.20. The number of hydrogen-bond acceptors (Lipinski definition) is 4. The molecule has 0 aliphatic carbocycles. The van der Waals surface area contributed by atoms with Crippen LogP contribution in [0.25, 0.3) is 0 Å². The van der Waals surface area contributed by atoms with Crippen LogP contribution in [0.3, 0.4) is 0 Å². The Morgan fingerprint density at radius 3 is 2.20 bits per heavy atom. The standard InChI is InChI=1S/C37H30ClN3O4S/c1-25-19-21-30(22-20-25)46(43,44)40-36-37(31-17-8-9-18-32(31)39-36)33(27-13-6-3-7-14-27)35(42)41(45-24-26-11-4-2-5-12-26)34(37)28-15-10-16-29(38)23-28/h2-23,33-34H,24H2,1H3,(H,39,40). The topological polar surface area (TPSA) is 88.1 Å². The zero-order valence-electron chi connectivity index (χ0n) is 24.9. The van der Waals surface area contributed by atoms with Crippen molar-refractivity contribution in [2.45, 2.75) is 35.8 Å². The highest BCUT2D eigenvalue weighted by Gasteiger charge is 2.67. The lowest BCUT2D eigenvalue weighted by atomic mass is 9.64. The van der Waals surface area contributed by atoms with E-state index in [0.717, 1.165) is 16.7 Å². The number of rotatable bonds is 7. The van der Waals surface area contributed by atoms with E-state index in [9.17, 15) is 13.2 Å². The SMILES string of the molecule is Cc1ccc(S(=O)(=O)/N=C2\Nc3ccccc3C23C(c2ccccc2)C(=O)N(OCc2ccccc2)C3c2cccc(Cl)c2)cc1. The Morgan fingerprint density at radius 2 is 1.48 bits per heavy atom. The van der Waals surface area contributed by atoms with Gasteiger partial charge in [0, 0.05) is 10.7 Å². The van der Waals surface area contributed by atoms with Crippen molar-refractivity contribution in [2.75, 3.05) is 5.32 Å². The molecule has 1 saturated heterocycles. The summed E-state index contributed by atoms with van der Waals surface area (Å²) in [6, 6.07) is 39.4. The van der Waals surface area contributed by atoms with Crippen LogP contribution in [-0.4, -0.2) is 25.2 Å². The third kappa shape index (κ3) is 5.08. The van der Waals surface area contributed by atoms with E-state index in [-0.39, 0.29) is 23.2 Å². The number of amidine groups is 1. The highest BCUT2D eigenvalue weighted by atomic mass is 35.5. The second-order valence-corrected chi connectivity index (χ2v) is 13.5. The lowest BCUT2D eigenvalue weighted by Crippen LogP contribution is -2.44. The van der Waals surface area contributed by atoms with Gasteiger partial charge in [-0.25, -0.2) is 5.06 Å². The van der Waals surface area contributed by atoms with E-state index in [1.807, 2.05) is 104 Å². The molecule has 7 rings (SSSR count). The lowest BCUT2D eigenvalue weighted by Gasteiger charge is -2.37. The maximum Gasteiger partial charge on any atom is 0.283 e. The molecule has 1 fully saturated rings. The lowest BCUT2D eigenvalue weighted by molar-refractivity contribution is -0.198. The summed E-state index contributed by atoms with van der Waals surface area (Å²) in [5.41, 5.74) is 3.20. The van der Waals surface area contributed by atoms with Gasteiger partial charge in [-0.05, 0) is 59.5 Å². The van der Waals surface area contributed by atoms with E-state index in [4.69, 9.17) is 16.4 Å². The molecule has 5 aromatic carbocycles. The first-order valence-electron chi connectivity index (χ1n) is 14.9. The zero-order chi connectivity index (χ0) is 31.9. The van der Waals surface area contributed by atoms with E-state index >= 15 is 0 Å². The van der Waals surface area contributed by atoms with Crippen LogP contribution in [0, 0.1) is 6.92 Å². The maximum atomic E-state index is 14.9. The van der Waals surface area contributed by atoms with Crippen LogP contribution in [0.5, 0.6) is 0 Å². The second-order valence-electron chi connectivity index (χ2n) is 11.5. The molecule has 230 valence electrons. The molecule has 3 unspecified atom stereocenters. The molecule has 0 bridgehead atoms. The van der Waals surface area contributed by atoms with E-state index in [1.54, 1.807) is 36.4 Å². The molecule has 1 spiro atoms. The van der Waals surface area contributed by atoms with Gasteiger partial charge >= 0.3 is 0 Å². The first kappa shape index (κ1) is 29.9. The minimum atomic E-state index is -4.22. The average Bonchev–Trinajstić information content (AvgIpc) is 3.51. The fourth-order valence-corrected chi connectivity index (χ4v) is 7.86. The molecule has 5 aromatic rings. The summed E-state index contributed by atoms with van der Waals surface area (Å²) < 4.78 is 32.6. The Labute approximate surface area is 273 Å². The van der Waals surface area contributed by atoms with Crippen LogP contribution < -0.4 is 5.32 Å². The van der Waals surface area contributed by atoms with Gasteiger partial charge in [0.05, 0.1) is 16.2 Å². The number of nitrogens with one attached hydrogen (secondary N) is 1. The molecule has 9 heteroatoms. The van der Waals surface area contributed by atoms with Crippen LogP contribution in [0.2, 0.25) is 5.02 Å². The van der Waals surface area contributed by atoms with Crippen LogP contribution in [-0.2, 0) is 31.7 Å². The number of fused-ring (bicyclic) bond motifs is 2. The number of sulfonamides is 1. The first-order chi connectivity index (χ1) is 22.3. The van der Waals surface area contributed by atoms with Crippen LogP contribution in [0.1, 0.15) is 39.8 Å². The molecular weight excluding hydrogens is 618 g/mol. The largest absolute Gasteiger partial charge is 0.342 e. The van der Waals surface area contributed by atoms with Crippen molar-refractivity contribution >= 4 is 39.1 Å². The summed E-state index contributed by atoms with van der Waals surface area (Å²) in [5.74, 6) is -1.10. The molecule has 7 nitrogen and oxygen atoms in total. The minimum Gasteiger partial charge on any atom is -0.342 e. The molecule has 0 aromatic heterocycles. The Kier molecular flexibility index (Phi) is 7.72. The monoisotopic (exact) mass is 647 g/mol. The number of carbonyl (C=O) groups is 1. The van der Waals surface area contributed by atoms with Gasteiger partial charge in [0.15, 0.2) is 0 Å². The summed E-state index contributed by atoms with van der Waals surface area (Å²) in [7, 11) is -4.22. The van der Waals surface area contributed by atoms with Gasteiger partial charge in [0.1, 0.15) is 18.5 Å². The third-order valence-corrected chi connectivity index (χ3v) is 10.2. The van der Waals surface area contributed by atoms with Crippen LogP contribution >= 0.6 is 11.6 Å². The molecule has 1 N–H and O–H groups in total. The summed E-state index contributed by atoms with van der Waals surface area (Å²) in [6.45, 7) is 2.01. The van der Waals surface area contributed by atoms with Gasteiger partial charge in [0.2, 0.25) is 0 Å². The summed E-state index contributed by atoms with van der Waals surface area (Å²) >= 11 is 6.58. The number of aryl methyl sites for hydroxylation is 1. The van der Waals surface area contributed by atoms with Gasteiger partial charge in [0.25, 0.3) is 15.9 Å². The molecule has 2 heterocycles. The number of anilines is 1. The van der Waals surface area contributed by atoms with Crippen molar-refractivity contribution in [3.8, 4) is 0 Å². The molecule has 2 aliphatic rings. The van der Waals surface area contributed by atoms with Crippen molar-refractivity contribution in [1.82, 2.24) is 5.06 Å². The van der Waals surface area contributed by atoms with Crippen molar-refractivity contribution in [3.05, 3.63) is 166 Å². The fraction of sp³-hybridized carbons (Fsp3) is 0.135.